The fourth-order valence-electron chi connectivity index (χ4n) is 1.78. The van der Waals surface area contributed by atoms with Gasteiger partial charge in [0.1, 0.15) is 16.4 Å². The number of benzene rings is 1. The van der Waals surface area contributed by atoms with Crippen LogP contribution in [0, 0.1) is 0 Å². The van der Waals surface area contributed by atoms with Crippen molar-refractivity contribution in [1.82, 2.24) is 9.97 Å². The summed E-state index contributed by atoms with van der Waals surface area (Å²) in [6.45, 7) is 6.41. The Kier molecular flexibility index (Phi) is 3.99. The molecule has 0 fully saturated rings. The summed E-state index contributed by atoms with van der Waals surface area (Å²) in [5.41, 5.74) is 7.07. The highest BCUT2D eigenvalue weighted by Gasteiger charge is 2.19. The standard InChI is InChI=1S/C15H17N3OS/c1-15(2,3)10-6-4-5-7-12(10)19-13-9-17-11(8-18-13)14(16)20/h4-9H,1-3H3,(H2,16,20). The summed E-state index contributed by atoms with van der Waals surface area (Å²) in [5, 5.41) is 0. The van der Waals surface area contributed by atoms with Crippen molar-refractivity contribution < 1.29 is 4.74 Å². The van der Waals surface area contributed by atoms with Gasteiger partial charge in [-0.25, -0.2) is 9.97 Å². The summed E-state index contributed by atoms with van der Waals surface area (Å²) in [7, 11) is 0. The first-order chi connectivity index (χ1) is 9.38. The second kappa shape index (κ2) is 5.54. The lowest BCUT2D eigenvalue weighted by atomic mass is 9.86. The molecule has 0 spiro atoms. The van der Waals surface area contributed by atoms with Gasteiger partial charge in [-0.1, -0.05) is 51.2 Å². The number of ether oxygens (including phenoxy) is 1. The Hall–Kier alpha value is -2.01. The van der Waals surface area contributed by atoms with Gasteiger partial charge in [-0.2, -0.15) is 0 Å². The number of nitrogens with two attached hydrogens (primary N) is 1. The van der Waals surface area contributed by atoms with E-state index in [1.54, 1.807) is 0 Å². The van der Waals surface area contributed by atoms with Gasteiger partial charge in [0.05, 0.1) is 12.4 Å². The number of thiocarbonyl (C=S) groups is 1. The van der Waals surface area contributed by atoms with Crippen molar-refractivity contribution in [2.75, 3.05) is 0 Å². The predicted molar refractivity (Wildman–Crippen MR) is 83.1 cm³/mol. The van der Waals surface area contributed by atoms with Crippen molar-refractivity contribution in [2.24, 2.45) is 5.73 Å². The first kappa shape index (κ1) is 14.4. The molecule has 0 aliphatic carbocycles. The van der Waals surface area contributed by atoms with Gasteiger partial charge in [0.25, 0.3) is 0 Å². The summed E-state index contributed by atoms with van der Waals surface area (Å²) < 4.78 is 5.81. The molecule has 0 saturated heterocycles. The lowest BCUT2D eigenvalue weighted by Crippen LogP contribution is -2.13. The minimum Gasteiger partial charge on any atom is -0.437 e. The Morgan fingerprint density at radius 1 is 1.15 bits per heavy atom. The molecule has 4 nitrogen and oxygen atoms in total. The van der Waals surface area contributed by atoms with Crippen molar-refractivity contribution in [2.45, 2.75) is 26.2 Å². The van der Waals surface area contributed by atoms with Crippen LogP contribution in [-0.2, 0) is 5.41 Å². The van der Waals surface area contributed by atoms with Crippen molar-refractivity contribution in [1.29, 1.82) is 0 Å². The molecule has 2 N–H and O–H groups in total. The number of aromatic nitrogens is 2. The summed E-state index contributed by atoms with van der Waals surface area (Å²) in [6, 6.07) is 7.90. The van der Waals surface area contributed by atoms with Gasteiger partial charge in [0.15, 0.2) is 0 Å². The second-order valence-corrected chi connectivity index (χ2v) is 5.89. The molecule has 0 bridgehead atoms. The van der Waals surface area contributed by atoms with Crippen LogP contribution in [0.2, 0.25) is 0 Å². The highest BCUT2D eigenvalue weighted by atomic mass is 32.1. The number of para-hydroxylation sites is 1. The van der Waals surface area contributed by atoms with Crippen LogP contribution in [-0.4, -0.2) is 15.0 Å². The van der Waals surface area contributed by atoms with Crippen LogP contribution in [0.15, 0.2) is 36.7 Å². The van der Waals surface area contributed by atoms with Crippen molar-refractivity contribution in [3.63, 3.8) is 0 Å². The molecule has 1 heterocycles. The van der Waals surface area contributed by atoms with E-state index in [0.29, 0.717) is 11.6 Å². The zero-order valence-corrected chi connectivity index (χ0v) is 12.6. The van der Waals surface area contributed by atoms with E-state index >= 15 is 0 Å². The van der Waals surface area contributed by atoms with Crippen molar-refractivity contribution in [3.8, 4) is 11.6 Å². The second-order valence-electron chi connectivity index (χ2n) is 5.45. The molecular formula is C15H17N3OS. The minimum absolute atomic E-state index is 0.0111. The Balaban J connectivity index is 2.28. The Morgan fingerprint density at radius 3 is 2.40 bits per heavy atom. The molecule has 0 atom stereocenters. The summed E-state index contributed by atoms with van der Waals surface area (Å²) >= 11 is 4.84. The van der Waals surface area contributed by atoms with Crippen molar-refractivity contribution >= 4 is 17.2 Å². The smallest absolute Gasteiger partial charge is 0.237 e. The number of rotatable bonds is 3. The molecule has 0 saturated carbocycles. The third-order valence-corrected chi connectivity index (χ3v) is 3.00. The predicted octanol–water partition coefficient (Wildman–Crippen LogP) is 3.20. The van der Waals surface area contributed by atoms with Crippen LogP contribution in [0.4, 0.5) is 0 Å². The number of hydrogen-bond acceptors (Lipinski definition) is 4. The summed E-state index contributed by atoms with van der Waals surface area (Å²) in [5.74, 6) is 1.19. The average molecular weight is 287 g/mol. The van der Waals surface area contributed by atoms with E-state index in [2.05, 4.69) is 30.7 Å². The van der Waals surface area contributed by atoms with E-state index in [0.717, 1.165) is 11.3 Å². The molecule has 104 valence electrons. The van der Waals surface area contributed by atoms with E-state index < -0.39 is 0 Å². The molecule has 0 amide bonds. The molecule has 1 aromatic carbocycles. The van der Waals surface area contributed by atoms with Gasteiger partial charge in [-0.15, -0.1) is 0 Å². The molecule has 20 heavy (non-hydrogen) atoms. The Bertz CT molecular complexity index is 618. The molecule has 5 heteroatoms. The van der Waals surface area contributed by atoms with Crippen LogP contribution < -0.4 is 10.5 Å². The lowest BCUT2D eigenvalue weighted by molar-refractivity contribution is 0.437. The van der Waals surface area contributed by atoms with E-state index in [1.165, 1.54) is 12.4 Å². The SMILES string of the molecule is CC(C)(C)c1ccccc1Oc1cnc(C(N)=S)cn1. The van der Waals surface area contributed by atoms with Crippen LogP contribution in [0.3, 0.4) is 0 Å². The van der Waals surface area contributed by atoms with Gasteiger partial charge in [-0.3, -0.25) is 0 Å². The maximum atomic E-state index is 5.81. The monoisotopic (exact) mass is 287 g/mol. The molecule has 0 aliphatic heterocycles. The van der Waals surface area contributed by atoms with Crippen LogP contribution >= 0.6 is 12.2 Å². The molecular weight excluding hydrogens is 270 g/mol. The molecule has 2 aromatic rings. The van der Waals surface area contributed by atoms with Crippen molar-refractivity contribution in [3.05, 3.63) is 47.9 Å². The van der Waals surface area contributed by atoms with Gasteiger partial charge in [-0.05, 0) is 11.5 Å². The largest absolute Gasteiger partial charge is 0.437 e. The number of hydrogen-bond donors (Lipinski definition) is 1. The highest BCUT2D eigenvalue weighted by molar-refractivity contribution is 7.80. The Morgan fingerprint density at radius 2 is 1.85 bits per heavy atom. The first-order valence-corrected chi connectivity index (χ1v) is 6.68. The van der Waals surface area contributed by atoms with Crippen LogP contribution in [0.25, 0.3) is 0 Å². The summed E-state index contributed by atoms with van der Waals surface area (Å²) in [6.07, 6.45) is 3.03. The highest BCUT2D eigenvalue weighted by Crippen LogP contribution is 2.33. The molecule has 2 rings (SSSR count). The van der Waals surface area contributed by atoms with E-state index in [4.69, 9.17) is 22.7 Å². The molecule has 0 unspecified atom stereocenters. The van der Waals surface area contributed by atoms with Crippen LogP contribution in [0.1, 0.15) is 32.0 Å². The van der Waals surface area contributed by atoms with E-state index in [1.807, 2.05) is 24.3 Å². The molecule has 0 aliphatic rings. The van der Waals surface area contributed by atoms with Gasteiger partial charge in [0.2, 0.25) is 5.88 Å². The molecule has 1 aromatic heterocycles. The van der Waals surface area contributed by atoms with Gasteiger partial charge >= 0.3 is 0 Å². The molecule has 0 radical (unpaired) electrons. The third kappa shape index (κ3) is 3.30. The Labute approximate surface area is 124 Å². The van der Waals surface area contributed by atoms with E-state index in [-0.39, 0.29) is 10.4 Å². The maximum Gasteiger partial charge on any atom is 0.237 e. The van der Waals surface area contributed by atoms with Gasteiger partial charge < -0.3 is 10.5 Å². The summed E-state index contributed by atoms with van der Waals surface area (Å²) in [4.78, 5) is 8.50. The lowest BCUT2D eigenvalue weighted by Gasteiger charge is -2.22. The fraction of sp³-hybridized carbons (Fsp3) is 0.267. The quantitative estimate of drug-likeness (QED) is 0.878. The third-order valence-electron chi connectivity index (χ3n) is 2.79. The van der Waals surface area contributed by atoms with Gasteiger partial charge in [0, 0.05) is 5.56 Å². The maximum absolute atomic E-state index is 5.81. The van der Waals surface area contributed by atoms with E-state index in [9.17, 15) is 0 Å². The topological polar surface area (TPSA) is 61.0 Å². The number of nitrogens with zero attached hydrogens (tertiary/aromatic N) is 2. The zero-order chi connectivity index (χ0) is 14.8. The normalized spacial score (nSPS) is 11.2. The van der Waals surface area contributed by atoms with Crippen LogP contribution in [0.5, 0.6) is 11.6 Å². The average Bonchev–Trinajstić information content (AvgIpc) is 2.38. The minimum atomic E-state index is -0.0111. The fourth-order valence-corrected chi connectivity index (χ4v) is 1.89. The zero-order valence-electron chi connectivity index (χ0n) is 11.8. The first-order valence-electron chi connectivity index (χ1n) is 6.27.